The number of aromatic amines is 1. The van der Waals surface area contributed by atoms with E-state index in [4.69, 9.17) is 0 Å². The van der Waals surface area contributed by atoms with E-state index in [-0.39, 0.29) is 0 Å². The van der Waals surface area contributed by atoms with Crippen LogP contribution < -0.4 is 0 Å². The average molecular weight is 294 g/mol. The molecule has 1 N–H and O–H groups in total. The minimum absolute atomic E-state index is 0.659. The zero-order valence-electron chi connectivity index (χ0n) is 13.0. The van der Waals surface area contributed by atoms with E-state index >= 15 is 0 Å². The molecule has 4 heteroatoms. The SMILES string of the molecule is Cn1nccc1C1CCN(Cc2c[nH]c3ccccc23)CC1. The first kappa shape index (κ1) is 13.6. The molecule has 1 aromatic carbocycles. The number of hydrogen-bond donors (Lipinski definition) is 1. The monoisotopic (exact) mass is 294 g/mol. The Kier molecular flexibility index (Phi) is 3.47. The van der Waals surface area contributed by atoms with Crippen molar-refractivity contribution in [2.24, 2.45) is 7.05 Å². The van der Waals surface area contributed by atoms with Gasteiger partial charge in [-0.2, -0.15) is 5.10 Å². The Labute approximate surface area is 130 Å². The van der Waals surface area contributed by atoms with Crippen LogP contribution in [0.1, 0.15) is 30.0 Å². The van der Waals surface area contributed by atoms with Gasteiger partial charge in [0.25, 0.3) is 0 Å². The van der Waals surface area contributed by atoms with Crippen molar-refractivity contribution in [2.75, 3.05) is 13.1 Å². The molecule has 1 saturated heterocycles. The van der Waals surface area contributed by atoms with E-state index in [1.165, 1.54) is 35.0 Å². The van der Waals surface area contributed by atoms with E-state index in [0.717, 1.165) is 19.6 Å². The second-order valence-corrected chi connectivity index (χ2v) is 6.29. The van der Waals surface area contributed by atoms with E-state index in [1.807, 2.05) is 17.9 Å². The first-order valence-electron chi connectivity index (χ1n) is 8.06. The van der Waals surface area contributed by atoms with Crippen LogP contribution in [0, 0.1) is 0 Å². The second-order valence-electron chi connectivity index (χ2n) is 6.29. The van der Waals surface area contributed by atoms with Crippen molar-refractivity contribution in [3.05, 3.63) is 54.0 Å². The summed E-state index contributed by atoms with van der Waals surface area (Å²) in [4.78, 5) is 5.95. The summed E-state index contributed by atoms with van der Waals surface area (Å²) in [6, 6.07) is 10.7. The minimum atomic E-state index is 0.659. The Morgan fingerprint density at radius 2 is 2.00 bits per heavy atom. The lowest BCUT2D eigenvalue weighted by Gasteiger charge is -2.31. The maximum absolute atomic E-state index is 4.30. The summed E-state index contributed by atoms with van der Waals surface area (Å²) < 4.78 is 2.03. The highest BCUT2D eigenvalue weighted by Gasteiger charge is 2.23. The molecule has 0 radical (unpaired) electrons. The van der Waals surface area contributed by atoms with Gasteiger partial charge in [0.1, 0.15) is 0 Å². The molecule has 3 heterocycles. The summed E-state index contributed by atoms with van der Waals surface area (Å²) in [6.45, 7) is 3.37. The van der Waals surface area contributed by atoms with Gasteiger partial charge in [-0.25, -0.2) is 0 Å². The number of nitrogens with zero attached hydrogens (tertiary/aromatic N) is 3. The number of nitrogens with one attached hydrogen (secondary N) is 1. The zero-order valence-corrected chi connectivity index (χ0v) is 13.0. The van der Waals surface area contributed by atoms with Crippen molar-refractivity contribution in [3.63, 3.8) is 0 Å². The fraction of sp³-hybridized carbons (Fsp3) is 0.389. The Hall–Kier alpha value is -2.07. The number of H-pyrrole nitrogens is 1. The molecule has 2 aromatic heterocycles. The van der Waals surface area contributed by atoms with Gasteiger partial charge in [-0.05, 0) is 43.6 Å². The van der Waals surface area contributed by atoms with Gasteiger partial charge in [-0.1, -0.05) is 18.2 Å². The fourth-order valence-electron chi connectivity index (χ4n) is 3.67. The molecule has 1 fully saturated rings. The molecule has 0 amide bonds. The predicted molar refractivity (Wildman–Crippen MR) is 88.8 cm³/mol. The summed E-state index contributed by atoms with van der Waals surface area (Å²) in [5.74, 6) is 0.659. The van der Waals surface area contributed by atoms with Crippen LogP contribution >= 0.6 is 0 Å². The van der Waals surface area contributed by atoms with E-state index in [0.29, 0.717) is 5.92 Å². The summed E-state index contributed by atoms with van der Waals surface area (Å²) in [5.41, 5.74) is 4.03. The third-order valence-electron chi connectivity index (χ3n) is 4.93. The number of aromatic nitrogens is 3. The maximum atomic E-state index is 4.30. The van der Waals surface area contributed by atoms with E-state index in [1.54, 1.807) is 0 Å². The Morgan fingerprint density at radius 3 is 2.77 bits per heavy atom. The molecular formula is C18H22N4. The van der Waals surface area contributed by atoms with E-state index < -0.39 is 0 Å². The molecule has 0 unspecified atom stereocenters. The number of hydrogen-bond acceptors (Lipinski definition) is 2. The molecule has 0 spiro atoms. The molecule has 4 nitrogen and oxygen atoms in total. The molecule has 0 bridgehead atoms. The number of rotatable bonds is 3. The van der Waals surface area contributed by atoms with Gasteiger partial charge in [-0.3, -0.25) is 9.58 Å². The number of piperidine rings is 1. The largest absolute Gasteiger partial charge is 0.361 e. The number of benzene rings is 1. The van der Waals surface area contributed by atoms with Crippen LogP contribution in [0.5, 0.6) is 0 Å². The number of likely N-dealkylation sites (tertiary alicyclic amines) is 1. The lowest BCUT2D eigenvalue weighted by Crippen LogP contribution is -2.32. The quantitative estimate of drug-likeness (QED) is 0.805. The molecule has 0 saturated carbocycles. The van der Waals surface area contributed by atoms with Crippen LogP contribution in [0.4, 0.5) is 0 Å². The highest BCUT2D eigenvalue weighted by atomic mass is 15.3. The Morgan fingerprint density at radius 1 is 1.18 bits per heavy atom. The molecule has 1 aliphatic rings. The maximum Gasteiger partial charge on any atom is 0.0492 e. The molecule has 3 aromatic rings. The van der Waals surface area contributed by atoms with Crippen LogP contribution in [0.15, 0.2) is 42.7 Å². The predicted octanol–water partition coefficient (Wildman–Crippen LogP) is 3.28. The Bertz CT molecular complexity index is 762. The highest BCUT2D eigenvalue weighted by molar-refractivity contribution is 5.82. The summed E-state index contributed by atoms with van der Waals surface area (Å²) in [7, 11) is 2.05. The van der Waals surface area contributed by atoms with Crippen molar-refractivity contribution in [2.45, 2.75) is 25.3 Å². The minimum Gasteiger partial charge on any atom is -0.361 e. The van der Waals surface area contributed by atoms with Gasteiger partial charge in [0, 0.05) is 48.5 Å². The third kappa shape index (κ3) is 2.44. The van der Waals surface area contributed by atoms with Crippen molar-refractivity contribution >= 4 is 10.9 Å². The van der Waals surface area contributed by atoms with Crippen LogP contribution in [-0.4, -0.2) is 32.8 Å². The summed E-state index contributed by atoms with van der Waals surface area (Å²) >= 11 is 0. The van der Waals surface area contributed by atoms with Crippen molar-refractivity contribution in [3.8, 4) is 0 Å². The van der Waals surface area contributed by atoms with Gasteiger partial charge in [-0.15, -0.1) is 0 Å². The molecular weight excluding hydrogens is 272 g/mol. The number of para-hydroxylation sites is 1. The zero-order chi connectivity index (χ0) is 14.9. The number of aryl methyl sites for hydroxylation is 1. The topological polar surface area (TPSA) is 36.9 Å². The standard InChI is InChI=1S/C18H22N4/c1-21-18(6-9-20-21)14-7-10-22(11-8-14)13-15-12-19-17-5-3-2-4-16(15)17/h2-6,9,12,14,19H,7-8,10-11,13H2,1H3. The summed E-state index contributed by atoms with van der Waals surface area (Å²) in [6.07, 6.45) is 6.52. The molecule has 0 atom stereocenters. The van der Waals surface area contributed by atoms with Crippen LogP contribution in [0.2, 0.25) is 0 Å². The van der Waals surface area contributed by atoms with Gasteiger partial charge < -0.3 is 4.98 Å². The van der Waals surface area contributed by atoms with Crippen LogP contribution in [0.3, 0.4) is 0 Å². The number of fused-ring (bicyclic) bond motifs is 1. The van der Waals surface area contributed by atoms with Gasteiger partial charge in [0.05, 0.1) is 0 Å². The highest BCUT2D eigenvalue weighted by Crippen LogP contribution is 2.29. The smallest absolute Gasteiger partial charge is 0.0492 e. The first-order valence-corrected chi connectivity index (χ1v) is 8.06. The Balaban J connectivity index is 1.43. The van der Waals surface area contributed by atoms with Crippen LogP contribution in [0.25, 0.3) is 10.9 Å². The third-order valence-corrected chi connectivity index (χ3v) is 4.93. The molecule has 1 aliphatic heterocycles. The van der Waals surface area contributed by atoms with Crippen molar-refractivity contribution in [1.82, 2.24) is 19.7 Å². The van der Waals surface area contributed by atoms with Crippen molar-refractivity contribution in [1.29, 1.82) is 0 Å². The van der Waals surface area contributed by atoms with E-state index in [9.17, 15) is 0 Å². The molecule has 114 valence electrons. The van der Waals surface area contributed by atoms with Gasteiger partial charge >= 0.3 is 0 Å². The lowest BCUT2D eigenvalue weighted by atomic mass is 9.93. The average Bonchev–Trinajstić information content (AvgIpc) is 3.15. The summed E-state index contributed by atoms with van der Waals surface area (Å²) in [5, 5.41) is 5.66. The lowest BCUT2D eigenvalue weighted by molar-refractivity contribution is 0.202. The molecule has 22 heavy (non-hydrogen) atoms. The van der Waals surface area contributed by atoms with Gasteiger partial charge in [0.2, 0.25) is 0 Å². The van der Waals surface area contributed by atoms with Crippen molar-refractivity contribution < 1.29 is 0 Å². The van der Waals surface area contributed by atoms with Crippen LogP contribution in [-0.2, 0) is 13.6 Å². The normalized spacial score (nSPS) is 17.3. The fourth-order valence-corrected chi connectivity index (χ4v) is 3.67. The molecule has 4 rings (SSSR count). The molecule has 0 aliphatic carbocycles. The van der Waals surface area contributed by atoms with E-state index in [2.05, 4.69) is 51.5 Å². The van der Waals surface area contributed by atoms with Gasteiger partial charge in [0.15, 0.2) is 0 Å². The first-order chi connectivity index (χ1) is 10.8. The second kappa shape index (κ2) is 5.61.